The Bertz CT molecular complexity index is 2180. The van der Waals surface area contributed by atoms with E-state index < -0.39 is 0 Å². The number of fused-ring (bicyclic) bond motifs is 2. The molecule has 0 radical (unpaired) electrons. The van der Waals surface area contributed by atoms with Gasteiger partial charge in [-0.1, -0.05) is 59.9 Å². The van der Waals surface area contributed by atoms with Crippen molar-refractivity contribution in [3.05, 3.63) is 123 Å². The minimum atomic E-state index is -0.305. The van der Waals surface area contributed by atoms with Gasteiger partial charge in [-0.15, -0.1) is 5.10 Å². The quantitative estimate of drug-likeness (QED) is 0.262. The summed E-state index contributed by atoms with van der Waals surface area (Å²) >= 11 is 1.23. The van der Waals surface area contributed by atoms with E-state index in [1.54, 1.807) is 42.2 Å². The van der Waals surface area contributed by atoms with Crippen LogP contribution in [0.2, 0.25) is 0 Å². The number of rotatable bonds is 6. The predicted octanol–water partition coefficient (Wildman–Crippen LogP) is 5.62. The number of nitrogens with zero attached hydrogens (tertiary/aromatic N) is 5. The summed E-state index contributed by atoms with van der Waals surface area (Å²) in [5, 5.41) is 10.1. The minimum Gasteiger partial charge on any atom is -0.493 e. The monoisotopic (exact) mass is 561 g/mol. The van der Waals surface area contributed by atoms with E-state index in [0.717, 1.165) is 16.6 Å². The number of para-hydroxylation sites is 2. The summed E-state index contributed by atoms with van der Waals surface area (Å²) in [4.78, 5) is 18.3. The number of benzene rings is 3. The number of hydrogen-bond acceptors (Lipinski definition) is 7. The molecule has 0 saturated heterocycles. The van der Waals surface area contributed by atoms with Gasteiger partial charge in [-0.05, 0) is 54.1 Å². The van der Waals surface area contributed by atoms with Crippen LogP contribution >= 0.6 is 11.3 Å². The fraction of sp³-hybridized carbons (Fsp3) is 0.0323. The third-order valence-corrected chi connectivity index (χ3v) is 7.46. The predicted molar refractivity (Wildman–Crippen MR) is 157 cm³/mol. The molecule has 0 atom stereocenters. The highest BCUT2D eigenvalue weighted by atomic mass is 32.1. The lowest BCUT2D eigenvalue weighted by atomic mass is 10.2. The van der Waals surface area contributed by atoms with Gasteiger partial charge in [0.25, 0.3) is 5.56 Å². The van der Waals surface area contributed by atoms with Crippen molar-refractivity contribution in [1.29, 1.82) is 0 Å². The molecule has 0 saturated carbocycles. The van der Waals surface area contributed by atoms with Crippen molar-refractivity contribution < 1.29 is 13.5 Å². The smallest absolute Gasteiger partial charge is 0.291 e. The third kappa shape index (κ3) is 4.60. The van der Waals surface area contributed by atoms with Gasteiger partial charge in [-0.3, -0.25) is 4.79 Å². The molecule has 0 fully saturated rings. The summed E-state index contributed by atoms with van der Waals surface area (Å²) in [7, 11) is 1.60. The van der Waals surface area contributed by atoms with Crippen molar-refractivity contribution in [1.82, 2.24) is 24.4 Å². The van der Waals surface area contributed by atoms with Crippen LogP contribution < -0.4 is 14.8 Å². The molecule has 4 heterocycles. The van der Waals surface area contributed by atoms with Gasteiger partial charge in [0.2, 0.25) is 4.96 Å². The summed E-state index contributed by atoms with van der Waals surface area (Å²) in [5.74, 6) is 1.25. The molecule has 0 aliphatic carbocycles. The van der Waals surface area contributed by atoms with Crippen molar-refractivity contribution >= 4 is 45.5 Å². The van der Waals surface area contributed by atoms with Crippen molar-refractivity contribution in [3.8, 4) is 22.9 Å². The molecule has 0 unspecified atom stereocenters. The van der Waals surface area contributed by atoms with Crippen LogP contribution in [0.15, 0.2) is 94.3 Å². The molecule has 0 spiro atoms. The van der Waals surface area contributed by atoms with Gasteiger partial charge in [0, 0.05) is 17.1 Å². The maximum atomic E-state index is 13.3. The zero-order chi connectivity index (χ0) is 27.9. The van der Waals surface area contributed by atoms with Gasteiger partial charge >= 0.3 is 0 Å². The molecule has 0 amide bonds. The van der Waals surface area contributed by atoms with E-state index in [2.05, 4.69) is 10.1 Å². The maximum absolute atomic E-state index is 13.3. The van der Waals surface area contributed by atoms with Crippen LogP contribution in [0.1, 0.15) is 17.0 Å². The Hall–Kier alpha value is -5.35. The zero-order valence-corrected chi connectivity index (χ0v) is 22.4. The highest BCUT2D eigenvalue weighted by molar-refractivity contribution is 7.15. The van der Waals surface area contributed by atoms with Crippen LogP contribution in [0.25, 0.3) is 51.3 Å². The first-order chi connectivity index (χ1) is 20.1. The molecular weight excluding hydrogens is 541 g/mol. The molecule has 7 rings (SSSR count). The van der Waals surface area contributed by atoms with Crippen molar-refractivity contribution in [3.63, 3.8) is 0 Å². The van der Waals surface area contributed by atoms with E-state index >= 15 is 0 Å². The summed E-state index contributed by atoms with van der Waals surface area (Å²) in [6.07, 6.45) is 7.10. The second-order valence-corrected chi connectivity index (χ2v) is 10.2. The zero-order valence-electron chi connectivity index (χ0n) is 21.6. The fourth-order valence-corrected chi connectivity index (χ4v) is 5.42. The van der Waals surface area contributed by atoms with E-state index in [-0.39, 0.29) is 11.4 Å². The Morgan fingerprint density at radius 2 is 1.80 bits per heavy atom. The molecule has 8 nitrogen and oxygen atoms in total. The summed E-state index contributed by atoms with van der Waals surface area (Å²) < 4.78 is 28.3. The van der Waals surface area contributed by atoms with Crippen molar-refractivity contribution in [2.24, 2.45) is 0 Å². The Balaban J connectivity index is 1.32. The van der Waals surface area contributed by atoms with Crippen LogP contribution in [-0.2, 0) is 0 Å². The van der Waals surface area contributed by atoms with Crippen molar-refractivity contribution in [2.75, 3.05) is 7.11 Å². The highest BCUT2D eigenvalue weighted by Crippen LogP contribution is 2.34. The third-order valence-electron chi connectivity index (χ3n) is 6.50. The van der Waals surface area contributed by atoms with E-state index in [1.165, 1.54) is 28.0 Å². The van der Waals surface area contributed by atoms with Crippen LogP contribution in [0.3, 0.4) is 0 Å². The first kappa shape index (κ1) is 24.7. The van der Waals surface area contributed by atoms with Crippen LogP contribution in [0, 0.1) is 5.82 Å². The molecule has 0 aliphatic rings. The average Bonchev–Trinajstić information content (AvgIpc) is 3.77. The Morgan fingerprint density at radius 1 is 0.976 bits per heavy atom. The number of ether oxygens (including phenoxy) is 1. The molecule has 3 aromatic carbocycles. The van der Waals surface area contributed by atoms with E-state index in [4.69, 9.17) is 14.3 Å². The topological polar surface area (TPSA) is 87.5 Å². The number of methoxy groups -OCH3 is 1. The highest BCUT2D eigenvalue weighted by Gasteiger charge is 2.18. The summed E-state index contributed by atoms with van der Waals surface area (Å²) in [5.41, 5.74) is 3.27. The van der Waals surface area contributed by atoms with Gasteiger partial charge in [0.05, 0.1) is 17.3 Å². The standard InChI is InChI=1S/C31H20FN5O3S/c1-39-24-9-5-6-20-16-25(40-29(20)24)28-21(18-36(35-28)23-7-3-2-4-8-23)17-26-30(38)37-31(41-26)33-27(34-37)15-12-19-10-13-22(32)14-11-19/h2-18H,1H3/b15-12+,26-17-. The SMILES string of the molecule is COc1cccc2cc(-c3nn(-c4ccccc4)cc3/C=c3\sc4nc(/C=C/c5ccc(F)cc5)nn4c3=O)oc12. The Labute approximate surface area is 235 Å². The number of aromatic nitrogens is 5. The second-order valence-electron chi connectivity index (χ2n) is 9.17. The lowest BCUT2D eigenvalue weighted by molar-refractivity contribution is 0.411. The average molecular weight is 562 g/mol. The first-order valence-electron chi connectivity index (χ1n) is 12.6. The fourth-order valence-electron chi connectivity index (χ4n) is 4.52. The number of halogens is 1. The van der Waals surface area contributed by atoms with Gasteiger partial charge < -0.3 is 9.15 Å². The van der Waals surface area contributed by atoms with Gasteiger partial charge in [-0.2, -0.15) is 14.6 Å². The Morgan fingerprint density at radius 3 is 2.59 bits per heavy atom. The molecule has 41 heavy (non-hydrogen) atoms. The number of hydrogen-bond donors (Lipinski definition) is 0. The molecule has 0 N–H and O–H groups in total. The summed E-state index contributed by atoms with van der Waals surface area (Å²) in [6.45, 7) is 0. The Kier molecular flexibility index (Phi) is 6.02. The van der Waals surface area contributed by atoms with E-state index in [1.807, 2.05) is 60.8 Å². The maximum Gasteiger partial charge on any atom is 0.291 e. The van der Waals surface area contributed by atoms with Crippen molar-refractivity contribution in [2.45, 2.75) is 0 Å². The lowest BCUT2D eigenvalue weighted by Gasteiger charge is -1.99. The lowest BCUT2D eigenvalue weighted by Crippen LogP contribution is -2.23. The minimum absolute atomic E-state index is 0.288. The largest absolute Gasteiger partial charge is 0.493 e. The molecule has 4 aromatic heterocycles. The van der Waals surface area contributed by atoms with E-state index in [0.29, 0.717) is 43.7 Å². The molecule has 0 bridgehead atoms. The number of thiazole rings is 1. The van der Waals surface area contributed by atoms with Gasteiger partial charge in [0.1, 0.15) is 11.5 Å². The number of furan rings is 1. The van der Waals surface area contributed by atoms with Crippen LogP contribution in [0.5, 0.6) is 5.75 Å². The van der Waals surface area contributed by atoms with E-state index in [9.17, 15) is 9.18 Å². The van der Waals surface area contributed by atoms with Gasteiger partial charge in [-0.25, -0.2) is 9.07 Å². The molecule has 7 aromatic rings. The first-order valence-corrected chi connectivity index (χ1v) is 13.4. The summed E-state index contributed by atoms with van der Waals surface area (Å²) in [6, 6.07) is 23.4. The molecular formula is C31H20FN5O3S. The van der Waals surface area contributed by atoms with Gasteiger partial charge in [0.15, 0.2) is 22.9 Å². The molecule has 0 aliphatic heterocycles. The molecule has 200 valence electrons. The normalized spacial score (nSPS) is 12.3. The van der Waals surface area contributed by atoms with Crippen LogP contribution in [0.4, 0.5) is 4.39 Å². The second kappa shape index (κ2) is 10.00. The molecule has 10 heteroatoms. The van der Waals surface area contributed by atoms with Crippen LogP contribution in [-0.4, -0.2) is 31.5 Å².